The first kappa shape index (κ1) is 16.8. The number of nitrogens with zero attached hydrogens (tertiary/aromatic N) is 2. The third-order valence-corrected chi connectivity index (χ3v) is 4.57. The van der Waals surface area contributed by atoms with E-state index in [0.29, 0.717) is 15.8 Å². The van der Waals surface area contributed by atoms with Gasteiger partial charge in [-0.25, -0.2) is 4.98 Å². The van der Waals surface area contributed by atoms with Gasteiger partial charge in [0.05, 0.1) is 11.7 Å². The highest BCUT2D eigenvalue weighted by Gasteiger charge is 2.19. The smallest absolute Gasteiger partial charge is 0.262 e. The first-order valence-electron chi connectivity index (χ1n) is 7.62. The van der Waals surface area contributed by atoms with E-state index in [1.807, 2.05) is 6.07 Å². The van der Waals surface area contributed by atoms with E-state index in [-0.39, 0.29) is 24.4 Å². The average Bonchev–Trinajstić information content (AvgIpc) is 3.09. The van der Waals surface area contributed by atoms with Crippen LogP contribution in [0.25, 0.3) is 10.2 Å². The van der Waals surface area contributed by atoms with Crippen LogP contribution in [0.2, 0.25) is 0 Å². The van der Waals surface area contributed by atoms with E-state index < -0.39 is 11.9 Å². The molecule has 1 aromatic carbocycles. The Bertz CT molecular complexity index is 965. The van der Waals surface area contributed by atoms with Gasteiger partial charge < -0.3 is 11.1 Å². The molecule has 8 heteroatoms. The number of carbonyl (C=O) groups is 2. The number of primary amides is 1. The van der Waals surface area contributed by atoms with Crippen LogP contribution in [0, 0.1) is 0 Å². The summed E-state index contributed by atoms with van der Waals surface area (Å²) in [6.45, 7) is 0.170. The molecule has 25 heavy (non-hydrogen) atoms. The van der Waals surface area contributed by atoms with Crippen molar-refractivity contribution in [2.75, 3.05) is 0 Å². The minimum absolute atomic E-state index is 0.0356. The first-order valence-corrected chi connectivity index (χ1v) is 8.50. The maximum atomic E-state index is 12.3. The molecule has 2 heterocycles. The molecule has 0 aliphatic carbocycles. The van der Waals surface area contributed by atoms with Crippen LogP contribution in [0.1, 0.15) is 18.0 Å². The highest BCUT2D eigenvalue weighted by Crippen LogP contribution is 2.14. The van der Waals surface area contributed by atoms with Gasteiger partial charge in [0.25, 0.3) is 5.56 Å². The Morgan fingerprint density at radius 3 is 2.72 bits per heavy atom. The van der Waals surface area contributed by atoms with Gasteiger partial charge in [-0.3, -0.25) is 19.0 Å². The van der Waals surface area contributed by atoms with Crippen LogP contribution in [-0.4, -0.2) is 21.4 Å². The third kappa shape index (κ3) is 3.74. The summed E-state index contributed by atoms with van der Waals surface area (Å²) in [6.07, 6.45) is 1.46. The standard InChI is InChI=1S/C17H16N4O3S/c18-15(23)14(11-4-2-1-3-5-11)20-13(22)6-8-21-10-19-16-12(17(21)24)7-9-25-16/h1-5,7,9-10,14H,6,8H2,(H2,18,23)(H,20,22). The summed E-state index contributed by atoms with van der Waals surface area (Å²) in [5.41, 5.74) is 5.81. The molecule has 0 aliphatic rings. The summed E-state index contributed by atoms with van der Waals surface area (Å²) in [6, 6.07) is 9.58. The van der Waals surface area contributed by atoms with Gasteiger partial charge in [-0.2, -0.15) is 0 Å². The van der Waals surface area contributed by atoms with Crippen molar-refractivity contribution in [1.82, 2.24) is 14.9 Å². The zero-order chi connectivity index (χ0) is 17.8. The lowest BCUT2D eigenvalue weighted by Crippen LogP contribution is -2.38. The molecular formula is C17H16N4O3S. The minimum atomic E-state index is -0.900. The number of nitrogens with two attached hydrogens (primary N) is 1. The predicted molar refractivity (Wildman–Crippen MR) is 95.0 cm³/mol. The summed E-state index contributed by atoms with van der Waals surface area (Å²) < 4.78 is 1.39. The van der Waals surface area contributed by atoms with Crippen molar-refractivity contribution in [2.24, 2.45) is 5.73 Å². The van der Waals surface area contributed by atoms with Gasteiger partial charge in [-0.05, 0) is 17.0 Å². The summed E-state index contributed by atoms with van der Waals surface area (Å²) >= 11 is 1.39. The lowest BCUT2D eigenvalue weighted by Gasteiger charge is -2.16. The maximum absolute atomic E-state index is 12.3. The van der Waals surface area contributed by atoms with Crippen molar-refractivity contribution >= 4 is 33.4 Å². The van der Waals surface area contributed by atoms with E-state index in [1.165, 1.54) is 22.2 Å². The molecule has 3 N–H and O–H groups in total. The van der Waals surface area contributed by atoms with Gasteiger partial charge >= 0.3 is 0 Å². The molecule has 3 rings (SSSR count). The van der Waals surface area contributed by atoms with Gasteiger partial charge in [-0.1, -0.05) is 30.3 Å². The molecule has 7 nitrogen and oxygen atoms in total. The predicted octanol–water partition coefficient (Wildman–Crippen LogP) is 1.19. The lowest BCUT2D eigenvalue weighted by atomic mass is 10.1. The van der Waals surface area contributed by atoms with Crippen LogP contribution in [0.15, 0.2) is 52.9 Å². The van der Waals surface area contributed by atoms with Crippen LogP contribution < -0.4 is 16.6 Å². The van der Waals surface area contributed by atoms with Gasteiger partial charge in [0.15, 0.2) is 0 Å². The number of fused-ring (bicyclic) bond motifs is 1. The quantitative estimate of drug-likeness (QED) is 0.692. The van der Waals surface area contributed by atoms with Gasteiger partial charge in [-0.15, -0.1) is 11.3 Å². The SMILES string of the molecule is NC(=O)C(NC(=O)CCn1cnc2sccc2c1=O)c1ccccc1. The molecule has 0 bridgehead atoms. The summed E-state index contributed by atoms with van der Waals surface area (Å²) in [5.74, 6) is -1.01. The second-order valence-corrected chi connectivity index (χ2v) is 6.34. The minimum Gasteiger partial charge on any atom is -0.368 e. The third-order valence-electron chi connectivity index (χ3n) is 3.75. The second-order valence-electron chi connectivity index (χ2n) is 5.45. The molecule has 0 spiro atoms. The first-order chi connectivity index (χ1) is 12.1. The number of thiophene rings is 1. The number of hydrogen-bond acceptors (Lipinski definition) is 5. The van der Waals surface area contributed by atoms with E-state index >= 15 is 0 Å². The number of aromatic nitrogens is 2. The van der Waals surface area contributed by atoms with Crippen LogP contribution >= 0.6 is 11.3 Å². The van der Waals surface area contributed by atoms with Gasteiger partial charge in [0, 0.05) is 13.0 Å². The molecule has 3 aromatic rings. The fourth-order valence-corrected chi connectivity index (χ4v) is 3.20. The monoisotopic (exact) mass is 356 g/mol. The van der Waals surface area contributed by atoms with E-state index in [9.17, 15) is 14.4 Å². The molecule has 2 amide bonds. The van der Waals surface area contributed by atoms with E-state index in [4.69, 9.17) is 5.73 Å². The molecule has 128 valence electrons. The second kappa shape index (κ2) is 7.27. The number of benzene rings is 1. The van der Waals surface area contributed by atoms with E-state index in [2.05, 4.69) is 10.3 Å². The zero-order valence-corrected chi connectivity index (χ0v) is 14.0. The molecule has 1 unspecified atom stereocenters. The number of aryl methyl sites for hydroxylation is 1. The van der Waals surface area contributed by atoms with Crippen LogP contribution in [0.4, 0.5) is 0 Å². The molecule has 0 fully saturated rings. The van der Waals surface area contributed by atoms with Crippen molar-refractivity contribution in [3.63, 3.8) is 0 Å². The largest absolute Gasteiger partial charge is 0.368 e. The number of nitrogens with one attached hydrogen (secondary N) is 1. The zero-order valence-electron chi connectivity index (χ0n) is 13.2. The Labute approximate surface area is 147 Å². The maximum Gasteiger partial charge on any atom is 0.262 e. The Morgan fingerprint density at radius 1 is 1.24 bits per heavy atom. The molecule has 0 saturated heterocycles. The van der Waals surface area contributed by atoms with Crippen molar-refractivity contribution < 1.29 is 9.59 Å². The fraction of sp³-hybridized carbons (Fsp3) is 0.176. The highest BCUT2D eigenvalue weighted by atomic mass is 32.1. The van der Waals surface area contributed by atoms with Gasteiger partial charge in [0.1, 0.15) is 10.9 Å². The van der Waals surface area contributed by atoms with Crippen LogP contribution in [0.5, 0.6) is 0 Å². The Morgan fingerprint density at radius 2 is 2.00 bits per heavy atom. The summed E-state index contributed by atoms with van der Waals surface area (Å²) in [7, 11) is 0. The van der Waals surface area contributed by atoms with Crippen molar-refractivity contribution in [2.45, 2.75) is 19.0 Å². The number of rotatable bonds is 6. The number of amides is 2. The van der Waals surface area contributed by atoms with Crippen molar-refractivity contribution in [1.29, 1.82) is 0 Å². The summed E-state index contributed by atoms with van der Waals surface area (Å²) in [5, 5.41) is 4.94. The lowest BCUT2D eigenvalue weighted by molar-refractivity contribution is -0.127. The fourth-order valence-electron chi connectivity index (χ4n) is 2.47. The number of carbonyl (C=O) groups excluding carboxylic acids is 2. The Balaban J connectivity index is 1.68. The Hall–Kier alpha value is -3.00. The topological polar surface area (TPSA) is 107 Å². The van der Waals surface area contributed by atoms with Crippen LogP contribution in [-0.2, 0) is 16.1 Å². The van der Waals surface area contributed by atoms with E-state index in [0.717, 1.165) is 0 Å². The normalized spacial score (nSPS) is 12.0. The molecule has 0 saturated carbocycles. The Kier molecular flexibility index (Phi) is 4.90. The molecule has 1 atom stereocenters. The van der Waals surface area contributed by atoms with E-state index in [1.54, 1.807) is 35.7 Å². The van der Waals surface area contributed by atoms with Crippen molar-refractivity contribution in [3.05, 3.63) is 64.0 Å². The van der Waals surface area contributed by atoms with Crippen molar-refractivity contribution in [3.8, 4) is 0 Å². The molecule has 0 radical (unpaired) electrons. The highest BCUT2D eigenvalue weighted by molar-refractivity contribution is 7.16. The average molecular weight is 356 g/mol. The van der Waals surface area contributed by atoms with Gasteiger partial charge in [0.2, 0.25) is 11.8 Å². The molecule has 0 aliphatic heterocycles. The molecule has 2 aromatic heterocycles. The van der Waals surface area contributed by atoms with Crippen LogP contribution in [0.3, 0.4) is 0 Å². The molecular weight excluding hydrogens is 340 g/mol. The summed E-state index contributed by atoms with van der Waals surface area (Å²) in [4.78, 5) is 40.9. The number of hydrogen-bond donors (Lipinski definition) is 2.